The van der Waals surface area contributed by atoms with E-state index in [-0.39, 0.29) is 23.6 Å². The van der Waals surface area contributed by atoms with Gasteiger partial charge in [-0.3, -0.25) is 10.1 Å². The van der Waals surface area contributed by atoms with Gasteiger partial charge in [0.1, 0.15) is 6.04 Å². The highest BCUT2D eigenvalue weighted by Crippen LogP contribution is 2.18. The molecule has 4 nitrogen and oxygen atoms in total. The molecule has 0 saturated carbocycles. The Morgan fingerprint density at radius 3 is 3.17 bits per heavy atom. The van der Waals surface area contributed by atoms with Crippen LogP contribution in [0.15, 0.2) is 0 Å². The molecule has 0 radical (unpaired) electrons. The van der Waals surface area contributed by atoms with Crippen molar-refractivity contribution in [3.8, 4) is 0 Å². The van der Waals surface area contributed by atoms with Crippen LogP contribution in [0.3, 0.4) is 0 Å². The Kier molecular flexibility index (Phi) is 1.98. The van der Waals surface area contributed by atoms with Gasteiger partial charge in [0.05, 0.1) is 0 Å². The average molecular weight is 190 g/mol. The lowest BCUT2D eigenvalue weighted by Crippen LogP contribution is -2.63. The molecule has 1 amide bonds. The summed E-state index contributed by atoms with van der Waals surface area (Å²) in [5.74, 6) is 0.0938. The lowest BCUT2D eigenvalue weighted by atomic mass is 10.1. The van der Waals surface area contributed by atoms with Gasteiger partial charge in [-0.05, 0) is 13.0 Å². The maximum atomic E-state index is 11.6. The van der Waals surface area contributed by atoms with Gasteiger partial charge in [-0.1, -0.05) is 11.6 Å². The number of carbonyl (C=O) groups is 1. The zero-order valence-corrected chi connectivity index (χ0v) is 7.64. The third-order valence-corrected chi connectivity index (χ3v) is 2.95. The molecule has 0 aliphatic carbocycles. The van der Waals surface area contributed by atoms with Gasteiger partial charge in [-0.2, -0.15) is 0 Å². The van der Waals surface area contributed by atoms with E-state index in [1.807, 2.05) is 0 Å². The first-order chi connectivity index (χ1) is 5.70. The molecule has 0 aromatic rings. The van der Waals surface area contributed by atoms with Crippen molar-refractivity contribution in [3.63, 3.8) is 0 Å². The Morgan fingerprint density at radius 2 is 2.42 bits per heavy atom. The predicted molar refractivity (Wildman–Crippen MR) is 45.7 cm³/mol. The highest BCUT2D eigenvalue weighted by atomic mass is 35.5. The van der Waals surface area contributed by atoms with Gasteiger partial charge in [0.15, 0.2) is 5.62 Å². The van der Waals surface area contributed by atoms with Crippen molar-refractivity contribution < 1.29 is 4.79 Å². The maximum Gasteiger partial charge on any atom is 0.243 e. The number of hydrogen-bond donors (Lipinski definition) is 2. The van der Waals surface area contributed by atoms with Crippen molar-refractivity contribution in [3.05, 3.63) is 0 Å². The van der Waals surface area contributed by atoms with Gasteiger partial charge < -0.3 is 10.2 Å². The number of carbonyl (C=O) groups excluding carboxylic acids is 1. The standard InChI is InChI=1S/C7H12ClN3O/c1-11-6(12)5-4(2-3-9-5)10-7(11)8/h4-5,7,9-10H,2-3H2,1H3. The molecule has 2 N–H and O–H groups in total. The quantitative estimate of drug-likeness (QED) is 0.391. The molecule has 2 aliphatic rings. The molecule has 0 aromatic carbocycles. The fraction of sp³-hybridized carbons (Fsp3) is 0.857. The number of nitrogens with one attached hydrogen (secondary N) is 2. The van der Waals surface area contributed by atoms with Gasteiger partial charge in [0.25, 0.3) is 0 Å². The summed E-state index contributed by atoms with van der Waals surface area (Å²) in [5, 5.41) is 6.31. The summed E-state index contributed by atoms with van der Waals surface area (Å²) in [6.07, 6.45) is 0.980. The van der Waals surface area contributed by atoms with Crippen molar-refractivity contribution >= 4 is 17.5 Å². The molecule has 12 heavy (non-hydrogen) atoms. The van der Waals surface area contributed by atoms with Crippen LogP contribution in [0.1, 0.15) is 6.42 Å². The number of halogens is 1. The van der Waals surface area contributed by atoms with Crippen LogP contribution < -0.4 is 10.6 Å². The van der Waals surface area contributed by atoms with Crippen molar-refractivity contribution in [1.29, 1.82) is 0 Å². The van der Waals surface area contributed by atoms with Crippen LogP contribution in [-0.4, -0.2) is 42.1 Å². The second kappa shape index (κ2) is 2.87. The van der Waals surface area contributed by atoms with Crippen LogP contribution in [0.2, 0.25) is 0 Å². The second-order valence-corrected chi connectivity index (χ2v) is 3.69. The number of rotatable bonds is 0. The fourth-order valence-corrected chi connectivity index (χ4v) is 2.02. The molecule has 2 fully saturated rings. The van der Waals surface area contributed by atoms with Crippen LogP contribution in [0.25, 0.3) is 0 Å². The van der Waals surface area contributed by atoms with Crippen LogP contribution in [0.5, 0.6) is 0 Å². The number of amides is 1. The first-order valence-electron chi connectivity index (χ1n) is 4.10. The summed E-state index contributed by atoms with van der Waals surface area (Å²) in [6, 6.07) is 0.154. The van der Waals surface area contributed by atoms with Gasteiger partial charge in [-0.15, -0.1) is 0 Å². The Labute approximate surface area is 76.2 Å². The van der Waals surface area contributed by atoms with Gasteiger partial charge in [0.2, 0.25) is 5.91 Å². The van der Waals surface area contributed by atoms with E-state index in [1.165, 1.54) is 4.90 Å². The molecule has 2 aliphatic heterocycles. The molecule has 68 valence electrons. The van der Waals surface area contributed by atoms with E-state index in [9.17, 15) is 4.79 Å². The Hall–Kier alpha value is -0.320. The molecular formula is C7H12ClN3O. The average Bonchev–Trinajstić information content (AvgIpc) is 2.48. The van der Waals surface area contributed by atoms with Gasteiger partial charge in [-0.25, -0.2) is 0 Å². The van der Waals surface area contributed by atoms with E-state index in [0.717, 1.165) is 13.0 Å². The normalized spacial score (nSPS) is 41.7. The van der Waals surface area contributed by atoms with Gasteiger partial charge in [0, 0.05) is 13.1 Å². The van der Waals surface area contributed by atoms with Crippen molar-refractivity contribution in [2.45, 2.75) is 24.1 Å². The third-order valence-electron chi connectivity index (χ3n) is 2.53. The topological polar surface area (TPSA) is 44.4 Å². The summed E-state index contributed by atoms with van der Waals surface area (Å²) in [4.78, 5) is 13.1. The Balaban J connectivity index is 2.16. The largest absolute Gasteiger partial charge is 0.315 e. The van der Waals surface area contributed by atoms with E-state index >= 15 is 0 Å². The maximum absolute atomic E-state index is 11.6. The summed E-state index contributed by atoms with van der Waals surface area (Å²) in [7, 11) is 1.71. The van der Waals surface area contributed by atoms with E-state index in [0.29, 0.717) is 0 Å². The number of nitrogens with zero attached hydrogens (tertiary/aromatic N) is 1. The van der Waals surface area contributed by atoms with E-state index < -0.39 is 0 Å². The van der Waals surface area contributed by atoms with Crippen molar-refractivity contribution in [2.75, 3.05) is 13.6 Å². The third kappa shape index (κ3) is 1.11. The van der Waals surface area contributed by atoms with Crippen LogP contribution in [-0.2, 0) is 4.79 Å². The molecular weight excluding hydrogens is 178 g/mol. The minimum absolute atomic E-state index is 0.0648. The first-order valence-corrected chi connectivity index (χ1v) is 4.54. The lowest BCUT2D eigenvalue weighted by molar-refractivity contribution is -0.136. The highest BCUT2D eigenvalue weighted by molar-refractivity contribution is 6.21. The molecule has 0 spiro atoms. The second-order valence-electron chi connectivity index (χ2n) is 3.28. The fourth-order valence-electron chi connectivity index (χ4n) is 1.76. The predicted octanol–water partition coefficient (Wildman–Crippen LogP) is -0.699. The van der Waals surface area contributed by atoms with E-state index in [1.54, 1.807) is 7.05 Å². The molecule has 2 rings (SSSR count). The molecule has 3 unspecified atom stereocenters. The number of alkyl halides is 1. The molecule has 0 bridgehead atoms. The highest BCUT2D eigenvalue weighted by Gasteiger charge is 2.41. The summed E-state index contributed by atoms with van der Waals surface area (Å²) >= 11 is 5.89. The molecule has 5 heteroatoms. The summed E-state index contributed by atoms with van der Waals surface area (Å²) < 4.78 is 0. The Bertz CT molecular complexity index is 211. The molecule has 2 heterocycles. The van der Waals surface area contributed by atoms with E-state index in [4.69, 9.17) is 11.6 Å². The SMILES string of the molecule is CN1C(=O)C2NCCC2NC1Cl. The van der Waals surface area contributed by atoms with Gasteiger partial charge >= 0.3 is 0 Å². The van der Waals surface area contributed by atoms with Crippen LogP contribution >= 0.6 is 11.6 Å². The van der Waals surface area contributed by atoms with E-state index in [2.05, 4.69) is 10.6 Å². The van der Waals surface area contributed by atoms with Crippen molar-refractivity contribution in [1.82, 2.24) is 15.5 Å². The number of hydrogen-bond acceptors (Lipinski definition) is 3. The van der Waals surface area contributed by atoms with Crippen LogP contribution in [0.4, 0.5) is 0 Å². The molecule has 3 atom stereocenters. The monoisotopic (exact) mass is 189 g/mol. The zero-order chi connectivity index (χ0) is 8.72. The smallest absolute Gasteiger partial charge is 0.243 e. The summed E-state index contributed by atoms with van der Waals surface area (Å²) in [6.45, 7) is 0.894. The number of likely N-dealkylation sites (N-methyl/N-ethyl adjacent to an activating group) is 1. The first kappa shape index (κ1) is 8.29. The zero-order valence-electron chi connectivity index (χ0n) is 6.88. The summed E-state index contributed by atoms with van der Waals surface area (Å²) in [5.41, 5.74) is -0.348. The molecule has 0 aromatic heterocycles. The van der Waals surface area contributed by atoms with Crippen molar-refractivity contribution in [2.24, 2.45) is 0 Å². The Morgan fingerprint density at radius 1 is 1.67 bits per heavy atom. The van der Waals surface area contributed by atoms with Crippen LogP contribution in [0, 0.1) is 0 Å². The minimum Gasteiger partial charge on any atom is -0.315 e. The lowest BCUT2D eigenvalue weighted by Gasteiger charge is -2.36. The minimum atomic E-state index is -0.348. The number of fused-ring (bicyclic) bond motifs is 1. The molecule has 2 saturated heterocycles.